The number of nitriles is 1. The van der Waals surface area contributed by atoms with E-state index < -0.39 is 10.0 Å². The number of rotatable bonds is 6. The second-order valence-electron chi connectivity index (χ2n) is 7.19. The van der Waals surface area contributed by atoms with E-state index in [9.17, 15) is 13.2 Å². The van der Waals surface area contributed by atoms with Crippen LogP contribution in [0.5, 0.6) is 0 Å². The van der Waals surface area contributed by atoms with Crippen LogP contribution >= 0.6 is 0 Å². The molecule has 0 spiro atoms. The smallest absolute Gasteiger partial charge is 0.243 e. The first kappa shape index (κ1) is 21.8. The molecule has 2 atom stereocenters. The number of morpholine rings is 1. The van der Waals surface area contributed by atoms with Crippen LogP contribution in [-0.4, -0.2) is 50.5 Å². The summed E-state index contributed by atoms with van der Waals surface area (Å²) in [5.74, 6) is -0.257. The molecule has 0 saturated carbocycles. The van der Waals surface area contributed by atoms with Gasteiger partial charge < -0.3 is 15.4 Å². The Bertz CT molecular complexity index is 1020. The van der Waals surface area contributed by atoms with Gasteiger partial charge in [0.15, 0.2) is 0 Å². The molecule has 1 fully saturated rings. The predicted octanol–water partition coefficient (Wildman–Crippen LogP) is 2.41. The Morgan fingerprint density at radius 1 is 1.07 bits per heavy atom. The van der Waals surface area contributed by atoms with Gasteiger partial charge in [0.25, 0.3) is 0 Å². The highest BCUT2D eigenvalue weighted by molar-refractivity contribution is 7.89. The maximum atomic E-state index is 12.9. The van der Waals surface area contributed by atoms with E-state index >= 15 is 0 Å². The van der Waals surface area contributed by atoms with Crippen molar-refractivity contribution >= 4 is 27.3 Å². The quantitative estimate of drug-likeness (QED) is 0.731. The number of hydrogen-bond acceptors (Lipinski definition) is 6. The molecule has 0 bridgehead atoms. The number of amides is 1. The number of ether oxygens (including phenoxy) is 1. The molecule has 3 rings (SSSR count). The highest BCUT2D eigenvalue weighted by atomic mass is 32.2. The van der Waals surface area contributed by atoms with E-state index in [1.54, 1.807) is 36.4 Å². The first-order chi connectivity index (χ1) is 14.3. The van der Waals surface area contributed by atoms with Gasteiger partial charge in [-0.05, 0) is 62.4 Å². The van der Waals surface area contributed by atoms with E-state index in [-0.39, 0.29) is 29.6 Å². The van der Waals surface area contributed by atoms with Crippen molar-refractivity contribution in [1.82, 2.24) is 4.31 Å². The Balaban J connectivity index is 1.57. The maximum absolute atomic E-state index is 12.9. The van der Waals surface area contributed by atoms with Gasteiger partial charge in [0, 0.05) is 24.5 Å². The van der Waals surface area contributed by atoms with Crippen molar-refractivity contribution in [2.45, 2.75) is 31.0 Å². The molecule has 0 aliphatic carbocycles. The maximum Gasteiger partial charge on any atom is 0.243 e. The van der Waals surface area contributed by atoms with Crippen LogP contribution in [0, 0.1) is 11.3 Å². The summed E-state index contributed by atoms with van der Waals surface area (Å²) in [6.07, 6.45) is -0.307. The van der Waals surface area contributed by atoms with Gasteiger partial charge in [-0.2, -0.15) is 9.57 Å². The number of sulfonamides is 1. The molecular weight excluding hydrogens is 404 g/mol. The second kappa shape index (κ2) is 9.26. The Morgan fingerprint density at radius 3 is 2.20 bits per heavy atom. The molecule has 2 aromatic rings. The average Bonchev–Trinajstić information content (AvgIpc) is 2.72. The molecule has 30 heavy (non-hydrogen) atoms. The lowest BCUT2D eigenvalue weighted by Crippen LogP contribution is -2.48. The molecular formula is C21H24N4O4S. The van der Waals surface area contributed by atoms with Gasteiger partial charge >= 0.3 is 0 Å². The minimum Gasteiger partial charge on any atom is -0.376 e. The molecule has 1 aliphatic heterocycles. The van der Waals surface area contributed by atoms with Crippen molar-refractivity contribution in [3.05, 3.63) is 54.1 Å². The van der Waals surface area contributed by atoms with Crippen molar-refractivity contribution in [3.63, 3.8) is 0 Å². The largest absolute Gasteiger partial charge is 0.376 e. The lowest BCUT2D eigenvalue weighted by atomic mass is 10.2. The van der Waals surface area contributed by atoms with Crippen molar-refractivity contribution in [2.24, 2.45) is 0 Å². The zero-order valence-electron chi connectivity index (χ0n) is 16.8. The third-order valence-corrected chi connectivity index (χ3v) is 6.47. The van der Waals surface area contributed by atoms with Gasteiger partial charge in [-0.1, -0.05) is 0 Å². The number of nitrogens with zero attached hydrogens (tertiary/aromatic N) is 2. The molecule has 2 N–H and O–H groups in total. The molecule has 9 heteroatoms. The lowest BCUT2D eigenvalue weighted by molar-refractivity contribution is -0.114. The van der Waals surface area contributed by atoms with Gasteiger partial charge in [-0.3, -0.25) is 4.79 Å². The molecule has 2 aromatic carbocycles. The summed E-state index contributed by atoms with van der Waals surface area (Å²) in [7, 11) is -3.60. The van der Waals surface area contributed by atoms with Gasteiger partial charge in [0.2, 0.25) is 15.9 Å². The molecule has 1 saturated heterocycles. The Kier molecular flexibility index (Phi) is 6.72. The Labute approximate surface area is 176 Å². The third kappa shape index (κ3) is 5.36. The number of carbonyl (C=O) groups is 1. The van der Waals surface area contributed by atoms with Crippen LogP contribution in [-0.2, 0) is 19.6 Å². The molecule has 2 unspecified atom stereocenters. The number of anilines is 2. The number of hydrogen-bond donors (Lipinski definition) is 2. The van der Waals surface area contributed by atoms with E-state index in [4.69, 9.17) is 10.00 Å². The Morgan fingerprint density at radius 2 is 1.63 bits per heavy atom. The minimum absolute atomic E-state index is 0.0184. The number of nitrogens with one attached hydrogen (secondary N) is 2. The van der Waals surface area contributed by atoms with Crippen LogP contribution in [0.15, 0.2) is 53.4 Å². The van der Waals surface area contributed by atoms with Gasteiger partial charge in [0.1, 0.15) is 0 Å². The van der Waals surface area contributed by atoms with E-state index in [2.05, 4.69) is 10.6 Å². The summed E-state index contributed by atoms with van der Waals surface area (Å²) >= 11 is 0. The predicted molar refractivity (Wildman–Crippen MR) is 113 cm³/mol. The van der Waals surface area contributed by atoms with E-state index in [0.717, 1.165) is 0 Å². The third-order valence-electron chi connectivity index (χ3n) is 4.63. The van der Waals surface area contributed by atoms with Crippen molar-refractivity contribution in [1.29, 1.82) is 5.26 Å². The second-order valence-corrected chi connectivity index (χ2v) is 9.13. The van der Waals surface area contributed by atoms with E-state index in [1.807, 2.05) is 19.9 Å². The SMILES string of the molecule is CC1CN(S(=O)(=O)c2ccc(NCC(=O)Nc3ccc(C#N)cc3)cc2)CC(C)O1. The normalized spacial score (nSPS) is 19.6. The lowest BCUT2D eigenvalue weighted by Gasteiger charge is -2.34. The summed E-state index contributed by atoms with van der Waals surface area (Å²) < 4.78 is 32.8. The van der Waals surface area contributed by atoms with Crippen LogP contribution in [0.3, 0.4) is 0 Å². The zero-order chi connectivity index (χ0) is 21.7. The average molecular weight is 429 g/mol. The fraction of sp³-hybridized carbons (Fsp3) is 0.333. The topological polar surface area (TPSA) is 112 Å². The molecule has 1 amide bonds. The van der Waals surface area contributed by atoms with E-state index in [0.29, 0.717) is 30.0 Å². The van der Waals surface area contributed by atoms with Gasteiger partial charge in [-0.15, -0.1) is 0 Å². The van der Waals surface area contributed by atoms with Gasteiger partial charge in [-0.25, -0.2) is 8.42 Å². The van der Waals surface area contributed by atoms with E-state index in [1.165, 1.54) is 16.4 Å². The Hall–Kier alpha value is -2.93. The van der Waals surface area contributed by atoms with Crippen molar-refractivity contribution in [3.8, 4) is 6.07 Å². The van der Waals surface area contributed by atoms with Crippen LogP contribution in [0.1, 0.15) is 19.4 Å². The summed E-state index contributed by atoms with van der Waals surface area (Å²) in [6.45, 7) is 4.37. The van der Waals surface area contributed by atoms with Crippen LogP contribution < -0.4 is 10.6 Å². The van der Waals surface area contributed by atoms with Crippen LogP contribution in [0.25, 0.3) is 0 Å². The number of carbonyl (C=O) groups excluding carboxylic acids is 1. The highest BCUT2D eigenvalue weighted by Gasteiger charge is 2.32. The first-order valence-electron chi connectivity index (χ1n) is 9.57. The fourth-order valence-corrected chi connectivity index (χ4v) is 4.83. The zero-order valence-corrected chi connectivity index (χ0v) is 17.6. The summed E-state index contributed by atoms with van der Waals surface area (Å²) in [6, 6.07) is 14.9. The molecule has 1 aliphatic rings. The monoisotopic (exact) mass is 428 g/mol. The highest BCUT2D eigenvalue weighted by Crippen LogP contribution is 2.22. The molecule has 1 heterocycles. The molecule has 158 valence electrons. The summed E-state index contributed by atoms with van der Waals surface area (Å²) in [4.78, 5) is 12.3. The summed E-state index contributed by atoms with van der Waals surface area (Å²) in [5, 5.41) is 14.5. The number of benzene rings is 2. The molecule has 0 radical (unpaired) electrons. The summed E-state index contributed by atoms with van der Waals surface area (Å²) in [5.41, 5.74) is 1.74. The van der Waals surface area contributed by atoms with Crippen molar-refractivity contribution in [2.75, 3.05) is 30.3 Å². The van der Waals surface area contributed by atoms with Crippen LogP contribution in [0.4, 0.5) is 11.4 Å². The minimum atomic E-state index is -3.60. The molecule has 0 aromatic heterocycles. The van der Waals surface area contributed by atoms with Crippen molar-refractivity contribution < 1.29 is 17.9 Å². The first-order valence-corrected chi connectivity index (χ1v) is 11.0. The van der Waals surface area contributed by atoms with Crippen LogP contribution in [0.2, 0.25) is 0 Å². The fourth-order valence-electron chi connectivity index (χ4n) is 3.24. The molecule has 8 nitrogen and oxygen atoms in total. The standard InChI is InChI=1S/C21H24N4O4S/c1-15-13-25(14-16(2)29-15)30(27,28)20-9-7-18(8-10-20)23-12-21(26)24-19-5-3-17(11-22)4-6-19/h3-10,15-16,23H,12-14H2,1-2H3,(H,24,26). The van der Waals surface area contributed by atoms with Gasteiger partial charge in [0.05, 0.1) is 35.3 Å².